The molecular weight excluding hydrogens is 286 g/mol. The van der Waals surface area contributed by atoms with Gasteiger partial charge in [0.15, 0.2) is 11.5 Å². The van der Waals surface area contributed by atoms with Crippen LogP contribution in [0.2, 0.25) is 0 Å². The highest BCUT2D eigenvalue weighted by molar-refractivity contribution is 5.76. The molecule has 1 aromatic rings. The number of nitrogens with two attached hydrogens (primary N) is 1. The number of hydrogen-bond donors (Lipinski definition) is 1. The molecule has 22 heavy (non-hydrogen) atoms. The van der Waals surface area contributed by atoms with Crippen molar-refractivity contribution in [3.63, 3.8) is 0 Å². The Morgan fingerprint density at radius 2 is 1.95 bits per heavy atom. The molecule has 122 valence electrons. The number of esters is 1. The van der Waals surface area contributed by atoms with Gasteiger partial charge in [-0.3, -0.25) is 9.59 Å². The van der Waals surface area contributed by atoms with E-state index in [4.69, 9.17) is 19.9 Å². The molecule has 2 unspecified atom stereocenters. The molecule has 2 atom stereocenters. The number of carbonyl (C=O) groups is 2. The van der Waals surface area contributed by atoms with E-state index in [1.807, 2.05) is 13.8 Å². The number of rotatable bonds is 8. The average Bonchev–Trinajstić information content (AvgIpc) is 2.51. The zero-order chi connectivity index (χ0) is 16.7. The van der Waals surface area contributed by atoms with Crippen molar-refractivity contribution >= 4 is 12.3 Å². The lowest BCUT2D eigenvalue weighted by Gasteiger charge is -2.19. The van der Waals surface area contributed by atoms with Crippen molar-refractivity contribution in [3.05, 3.63) is 23.8 Å². The first-order valence-electron chi connectivity index (χ1n) is 7.11. The molecule has 1 aromatic carbocycles. The average molecular weight is 309 g/mol. The van der Waals surface area contributed by atoms with Gasteiger partial charge in [0, 0.05) is 5.56 Å². The second kappa shape index (κ2) is 8.38. The van der Waals surface area contributed by atoms with Crippen molar-refractivity contribution in [2.75, 3.05) is 13.7 Å². The van der Waals surface area contributed by atoms with E-state index in [9.17, 15) is 9.59 Å². The SMILES string of the molecule is COc1cc(C=O)ccc1OCC(C)OC(=O)C(N)C(C)C. The largest absolute Gasteiger partial charge is 0.493 e. The molecule has 6 nitrogen and oxygen atoms in total. The molecule has 0 bridgehead atoms. The summed E-state index contributed by atoms with van der Waals surface area (Å²) in [7, 11) is 1.49. The van der Waals surface area contributed by atoms with Crippen LogP contribution < -0.4 is 15.2 Å². The Hall–Kier alpha value is -2.08. The van der Waals surface area contributed by atoms with Crippen LogP contribution in [0.15, 0.2) is 18.2 Å². The molecule has 0 radical (unpaired) electrons. The van der Waals surface area contributed by atoms with Crippen LogP contribution in [0.4, 0.5) is 0 Å². The van der Waals surface area contributed by atoms with Gasteiger partial charge in [-0.25, -0.2) is 0 Å². The minimum absolute atomic E-state index is 0.0107. The topological polar surface area (TPSA) is 87.9 Å². The van der Waals surface area contributed by atoms with Crippen LogP contribution >= 0.6 is 0 Å². The minimum atomic E-state index is -0.649. The van der Waals surface area contributed by atoms with Crippen LogP contribution in [0.5, 0.6) is 11.5 Å². The first kappa shape index (κ1) is 18.0. The van der Waals surface area contributed by atoms with Gasteiger partial charge in [-0.2, -0.15) is 0 Å². The second-order valence-corrected chi connectivity index (χ2v) is 5.36. The summed E-state index contributed by atoms with van der Waals surface area (Å²) in [6, 6.07) is 4.18. The minimum Gasteiger partial charge on any atom is -0.493 e. The first-order chi connectivity index (χ1) is 10.4. The van der Waals surface area contributed by atoms with Crippen molar-refractivity contribution in [1.29, 1.82) is 0 Å². The Morgan fingerprint density at radius 1 is 1.27 bits per heavy atom. The Labute approximate surface area is 130 Å². The first-order valence-corrected chi connectivity index (χ1v) is 7.11. The molecule has 1 rings (SSSR count). The maximum atomic E-state index is 11.7. The van der Waals surface area contributed by atoms with Crippen molar-refractivity contribution in [3.8, 4) is 11.5 Å². The highest BCUT2D eigenvalue weighted by Crippen LogP contribution is 2.27. The Kier molecular flexibility index (Phi) is 6.85. The lowest BCUT2D eigenvalue weighted by atomic mass is 10.1. The predicted octanol–water partition coefficient (Wildman–Crippen LogP) is 1.80. The highest BCUT2D eigenvalue weighted by Gasteiger charge is 2.21. The zero-order valence-corrected chi connectivity index (χ0v) is 13.4. The summed E-state index contributed by atoms with van der Waals surface area (Å²) in [6.45, 7) is 5.59. The van der Waals surface area contributed by atoms with Gasteiger partial charge in [0.1, 0.15) is 25.0 Å². The Morgan fingerprint density at radius 3 is 2.50 bits per heavy atom. The lowest BCUT2D eigenvalue weighted by Crippen LogP contribution is -2.39. The van der Waals surface area contributed by atoms with E-state index >= 15 is 0 Å². The van der Waals surface area contributed by atoms with E-state index in [1.54, 1.807) is 25.1 Å². The van der Waals surface area contributed by atoms with Crippen LogP contribution in [-0.2, 0) is 9.53 Å². The third kappa shape index (κ3) is 5.04. The van der Waals surface area contributed by atoms with E-state index in [1.165, 1.54) is 7.11 Å². The summed E-state index contributed by atoms with van der Waals surface area (Å²) in [6.07, 6.45) is 0.275. The van der Waals surface area contributed by atoms with Gasteiger partial charge in [0.05, 0.1) is 7.11 Å². The van der Waals surface area contributed by atoms with Crippen LogP contribution in [0.3, 0.4) is 0 Å². The molecule has 0 heterocycles. The summed E-state index contributed by atoms with van der Waals surface area (Å²) in [5.74, 6) is 0.483. The summed E-state index contributed by atoms with van der Waals surface area (Å²) >= 11 is 0. The lowest BCUT2D eigenvalue weighted by molar-refractivity contribution is -0.152. The summed E-state index contributed by atoms with van der Waals surface area (Å²) in [5.41, 5.74) is 6.22. The predicted molar refractivity (Wildman–Crippen MR) is 82.2 cm³/mol. The normalized spacial score (nSPS) is 13.4. The van der Waals surface area contributed by atoms with Crippen LogP contribution in [0, 0.1) is 5.92 Å². The van der Waals surface area contributed by atoms with Crippen LogP contribution in [0.25, 0.3) is 0 Å². The van der Waals surface area contributed by atoms with Crippen molar-refractivity contribution in [2.45, 2.75) is 32.9 Å². The van der Waals surface area contributed by atoms with E-state index in [0.717, 1.165) is 6.29 Å². The summed E-state index contributed by atoms with van der Waals surface area (Å²) < 4.78 is 16.0. The van der Waals surface area contributed by atoms with Crippen molar-refractivity contribution in [1.82, 2.24) is 0 Å². The van der Waals surface area contributed by atoms with Crippen LogP contribution in [-0.4, -0.2) is 38.1 Å². The molecule has 0 saturated heterocycles. The molecule has 2 N–H and O–H groups in total. The third-order valence-corrected chi connectivity index (χ3v) is 3.11. The van der Waals surface area contributed by atoms with Gasteiger partial charge in [-0.15, -0.1) is 0 Å². The number of hydrogen-bond acceptors (Lipinski definition) is 6. The molecular formula is C16H23NO5. The fraction of sp³-hybridized carbons (Fsp3) is 0.500. The van der Waals surface area contributed by atoms with Crippen LogP contribution in [0.1, 0.15) is 31.1 Å². The number of carbonyl (C=O) groups excluding carboxylic acids is 2. The fourth-order valence-corrected chi connectivity index (χ4v) is 1.67. The molecule has 0 aliphatic carbocycles. The third-order valence-electron chi connectivity index (χ3n) is 3.11. The van der Waals surface area contributed by atoms with Gasteiger partial charge < -0.3 is 19.9 Å². The van der Waals surface area contributed by atoms with Crippen molar-refractivity contribution in [2.24, 2.45) is 11.7 Å². The second-order valence-electron chi connectivity index (χ2n) is 5.36. The quantitative estimate of drug-likeness (QED) is 0.582. The Bertz CT molecular complexity index is 515. The van der Waals surface area contributed by atoms with Gasteiger partial charge in [-0.05, 0) is 31.0 Å². The Balaban J connectivity index is 2.59. The summed E-state index contributed by atoms with van der Waals surface area (Å²) in [4.78, 5) is 22.5. The number of ether oxygens (including phenoxy) is 3. The van der Waals surface area contributed by atoms with E-state index in [2.05, 4.69) is 0 Å². The van der Waals surface area contributed by atoms with E-state index < -0.39 is 18.1 Å². The van der Waals surface area contributed by atoms with Gasteiger partial charge in [0.25, 0.3) is 0 Å². The molecule has 0 spiro atoms. The molecule has 0 aliphatic rings. The molecule has 0 amide bonds. The molecule has 0 fully saturated rings. The highest BCUT2D eigenvalue weighted by atomic mass is 16.6. The number of benzene rings is 1. The molecule has 0 aliphatic heterocycles. The van der Waals surface area contributed by atoms with Gasteiger partial charge in [0.2, 0.25) is 0 Å². The monoisotopic (exact) mass is 309 g/mol. The summed E-state index contributed by atoms with van der Waals surface area (Å²) in [5, 5.41) is 0. The van der Waals surface area contributed by atoms with Gasteiger partial charge >= 0.3 is 5.97 Å². The number of methoxy groups -OCH3 is 1. The van der Waals surface area contributed by atoms with E-state index in [0.29, 0.717) is 17.1 Å². The molecule has 6 heteroatoms. The number of aldehydes is 1. The smallest absolute Gasteiger partial charge is 0.323 e. The molecule has 0 aromatic heterocycles. The van der Waals surface area contributed by atoms with Crippen molar-refractivity contribution < 1.29 is 23.8 Å². The maximum Gasteiger partial charge on any atom is 0.323 e. The zero-order valence-electron chi connectivity index (χ0n) is 13.4. The fourth-order valence-electron chi connectivity index (χ4n) is 1.67. The van der Waals surface area contributed by atoms with Gasteiger partial charge in [-0.1, -0.05) is 13.8 Å². The standard InChI is InChI=1S/C16H23NO5/c1-10(2)15(17)16(19)22-11(3)9-21-13-6-5-12(8-18)7-14(13)20-4/h5-8,10-11,15H,9,17H2,1-4H3. The molecule has 0 saturated carbocycles. The maximum absolute atomic E-state index is 11.7. The van der Waals surface area contributed by atoms with E-state index in [-0.39, 0.29) is 12.5 Å².